The van der Waals surface area contributed by atoms with Crippen LogP contribution in [0.5, 0.6) is 0 Å². The van der Waals surface area contributed by atoms with Gasteiger partial charge in [0, 0.05) is 30.4 Å². The average Bonchev–Trinajstić information content (AvgIpc) is 2.67. The number of rotatable bonds is 2. The summed E-state index contributed by atoms with van der Waals surface area (Å²) in [6.07, 6.45) is 12.9. The topological polar surface area (TPSA) is 29.9 Å². The van der Waals surface area contributed by atoms with Gasteiger partial charge < -0.3 is 5.32 Å². The van der Waals surface area contributed by atoms with Gasteiger partial charge in [0.05, 0.1) is 6.20 Å². The minimum atomic E-state index is 0.544. The van der Waals surface area contributed by atoms with Crippen molar-refractivity contribution in [3.05, 3.63) is 17.5 Å². The van der Waals surface area contributed by atoms with Crippen molar-refractivity contribution in [1.82, 2.24) is 15.1 Å². The first-order valence-corrected chi connectivity index (χ1v) is 8.02. The number of hydrogen-bond donors (Lipinski definition) is 1. The maximum absolute atomic E-state index is 4.46. The Kier molecular flexibility index (Phi) is 3.92. The molecule has 0 amide bonds. The predicted octanol–water partition coefficient (Wildman–Crippen LogP) is 3.36. The van der Waals surface area contributed by atoms with Crippen molar-refractivity contribution in [1.29, 1.82) is 0 Å². The van der Waals surface area contributed by atoms with E-state index in [2.05, 4.69) is 35.3 Å². The fourth-order valence-electron chi connectivity index (χ4n) is 3.88. The van der Waals surface area contributed by atoms with E-state index in [4.69, 9.17) is 0 Å². The van der Waals surface area contributed by atoms with E-state index in [1.807, 2.05) is 0 Å². The Labute approximate surface area is 116 Å². The summed E-state index contributed by atoms with van der Waals surface area (Å²) >= 11 is 0. The Hall–Kier alpha value is -0.830. The van der Waals surface area contributed by atoms with Gasteiger partial charge in [-0.3, -0.25) is 4.68 Å². The zero-order valence-electron chi connectivity index (χ0n) is 12.4. The molecular weight excluding hydrogens is 234 g/mol. The second kappa shape index (κ2) is 5.66. The maximum Gasteiger partial charge on any atom is 0.0540 e. The van der Waals surface area contributed by atoms with Crippen LogP contribution in [0, 0.1) is 5.92 Å². The van der Waals surface area contributed by atoms with E-state index in [-0.39, 0.29) is 0 Å². The highest BCUT2D eigenvalue weighted by Crippen LogP contribution is 2.32. The minimum Gasteiger partial charge on any atom is -0.307 e. The molecule has 1 heterocycles. The summed E-state index contributed by atoms with van der Waals surface area (Å²) in [6.45, 7) is 2.43. The highest BCUT2D eigenvalue weighted by molar-refractivity contribution is 5.24. The normalized spacial score (nSPS) is 31.8. The summed E-state index contributed by atoms with van der Waals surface area (Å²) in [5.74, 6) is 0.824. The zero-order chi connectivity index (χ0) is 13.2. The van der Waals surface area contributed by atoms with Gasteiger partial charge in [0.15, 0.2) is 0 Å². The van der Waals surface area contributed by atoms with Crippen molar-refractivity contribution in [3.63, 3.8) is 0 Å². The fraction of sp³-hybridized carbons (Fsp3) is 0.812. The van der Waals surface area contributed by atoms with E-state index in [1.165, 1.54) is 62.6 Å². The first-order chi connectivity index (χ1) is 9.25. The Balaban J connectivity index is 1.73. The van der Waals surface area contributed by atoms with Gasteiger partial charge in [-0.25, -0.2) is 0 Å². The molecule has 3 heteroatoms. The van der Waals surface area contributed by atoms with Gasteiger partial charge in [-0.05, 0) is 38.0 Å². The van der Waals surface area contributed by atoms with E-state index >= 15 is 0 Å². The summed E-state index contributed by atoms with van der Waals surface area (Å²) < 4.78 is 2.07. The van der Waals surface area contributed by atoms with Crippen LogP contribution in [0.15, 0.2) is 6.20 Å². The molecule has 1 saturated carbocycles. The molecule has 3 unspecified atom stereocenters. The van der Waals surface area contributed by atoms with Crippen LogP contribution in [0.4, 0.5) is 0 Å². The summed E-state index contributed by atoms with van der Waals surface area (Å²) in [5.41, 5.74) is 2.91. The first kappa shape index (κ1) is 13.2. The molecule has 1 aromatic rings. The lowest BCUT2D eigenvalue weighted by molar-refractivity contribution is 0.304. The molecule has 0 spiro atoms. The summed E-state index contributed by atoms with van der Waals surface area (Å²) in [4.78, 5) is 0. The molecule has 1 aromatic heterocycles. The number of aromatic nitrogens is 2. The van der Waals surface area contributed by atoms with Crippen LogP contribution >= 0.6 is 0 Å². The van der Waals surface area contributed by atoms with Gasteiger partial charge in [-0.15, -0.1) is 0 Å². The van der Waals surface area contributed by atoms with Gasteiger partial charge in [-0.1, -0.05) is 26.2 Å². The second-order valence-corrected chi connectivity index (χ2v) is 6.50. The SMILES string of the molecule is CC1CCCCCC1NC1CCCc2c1cnn2C. The van der Waals surface area contributed by atoms with Gasteiger partial charge in [-0.2, -0.15) is 5.10 Å². The van der Waals surface area contributed by atoms with Crippen molar-refractivity contribution in [2.75, 3.05) is 0 Å². The van der Waals surface area contributed by atoms with Gasteiger partial charge in [0.2, 0.25) is 0 Å². The number of fused-ring (bicyclic) bond motifs is 1. The van der Waals surface area contributed by atoms with Crippen molar-refractivity contribution < 1.29 is 0 Å². The third-order valence-corrected chi connectivity index (χ3v) is 5.15. The van der Waals surface area contributed by atoms with Gasteiger partial charge in [0.25, 0.3) is 0 Å². The van der Waals surface area contributed by atoms with E-state index in [9.17, 15) is 0 Å². The van der Waals surface area contributed by atoms with Crippen LogP contribution in [0.2, 0.25) is 0 Å². The predicted molar refractivity (Wildman–Crippen MR) is 78.1 cm³/mol. The molecule has 1 N–H and O–H groups in total. The molecule has 0 radical (unpaired) electrons. The van der Waals surface area contributed by atoms with E-state index in [0.29, 0.717) is 12.1 Å². The molecule has 3 rings (SSSR count). The summed E-state index contributed by atoms with van der Waals surface area (Å²) in [6, 6.07) is 1.25. The fourth-order valence-corrected chi connectivity index (χ4v) is 3.88. The van der Waals surface area contributed by atoms with E-state index in [1.54, 1.807) is 0 Å². The van der Waals surface area contributed by atoms with Gasteiger partial charge in [0.1, 0.15) is 0 Å². The molecule has 3 atom stereocenters. The largest absolute Gasteiger partial charge is 0.307 e. The molecular formula is C16H27N3. The molecule has 1 fully saturated rings. The molecule has 0 saturated heterocycles. The molecule has 2 aliphatic rings. The van der Waals surface area contributed by atoms with E-state index < -0.39 is 0 Å². The summed E-state index contributed by atoms with van der Waals surface area (Å²) in [5, 5.41) is 8.42. The van der Waals surface area contributed by atoms with Crippen LogP contribution in [-0.4, -0.2) is 15.8 Å². The van der Waals surface area contributed by atoms with E-state index in [0.717, 1.165) is 5.92 Å². The van der Waals surface area contributed by atoms with Gasteiger partial charge >= 0.3 is 0 Å². The van der Waals surface area contributed by atoms with Crippen LogP contribution in [0.3, 0.4) is 0 Å². The third kappa shape index (κ3) is 2.71. The lowest BCUT2D eigenvalue weighted by Crippen LogP contribution is -2.38. The van der Waals surface area contributed by atoms with Crippen LogP contribution in [0.25, 0.3) is 0 Å². The molecule has 0 aromatic carbocycles. The van der Waals surface area contributed by atoms with Crippen LogP contribution in [0.1, 0.15) is 69.2 Å². The lowest BCUT2D eigenvalue weighted by atomic mass is 9.89. The third-order valence-electron chi connectivity index (χ3n) is 5.15. The maximum atomic E-state index is 4.46. The Morgan fingerprint density at radius 1 is 1.16 bits per heavy atom. The van der Waals surface area contributed by atoms with Crippen molar-refractivity contribution in [3.8, 4) is 0 Å². The Morgan fingerprint density at radius 2 is 2.00 bits per heavy atom. The second-order valence-electron chi connectivity index (χ2n) is 6.50. The molecule has 0 aliphatic heterocycles. The highest BCUT2D eigenvalue weighted by Gasteiger charge is 2.28. The number of nitrogens with zero attached hydrogens (tertiary/aromatic N) is 2. The van der Waals surface area contributed by atoms with Crippen molar-refractivity contribution in [2.45, 2.75) is 70.4 Å². The smallest absolute Gasteiger partial charge is 0.0540 e. The monoisotopic (exact) mass is 261 g/mol. The standard InChI is InChI=1S/C16H27N3/c1-12-7-4-3-5-8-14(12)18-15-9-6-10-16-13(15)11-17-19(16)2/h11-12,14-15,18H,3-10H2,1-2H3. The van der Waals surface area contributed by atoms with Crippen LogP contribution < -0.4 is 5.32 Å². The Bertz CT molecular complexity index is 424. The summed E-state index contributed by atoms with van der Waals surface area (Å²) in [7, 11) is 2.08. The number of aryl methyl sites for hydroxylation is 1. The zero-order valence-corrected chi connectivity index (χ0v) is 12.4. The lowest BCUT2D eigenvalue weighted by Gasteiger charge is -2.31. The molecule has 19 heavy (non-hydrogen) atoms. The molecule has 106 valence electrons. The van der Waals surface area contributed by atoms with Crippen molar-refractivity contribution in [2.24, 2.45) is 13.0 Å². The van der Waals surface area contributed by atoms with Crippen LogP contribution in [-0.2, 0) is 13.5 Å². The number of hydrogen-bond acceptors (Lipinski definition) is 2. The van der Waals surface area contributed by atoms with Crippen molar-refractivity contribution >= 4 is 0 Å². The molecule has 2 aliphatic carbocycles. The molecule has 0 bridgehead atoms. The number of nitrogens with one attached hydrogen (secondary N) is 1. The molecule has 3 nitrogen and oxygen atoms in total. The quantitative estimate of drug-likeness (QED) is 0.827. The average molecular weight is 261 g/mol. The minimum absolute atomic E-state index is 0.544. The first-order valence-electron chi connectivity index (χ1n) is 8.02. The highest BCUT2D eigenvalue weighted by atomic mass is 15.3. The Morgan fingerprint density at radius 3 is 2.89 bits per heavy atom.